The van der Waals surface area contributed by atoms with Crippen LogP contribution in [0.15, 0.2) is 30.3 Å². The highest BCUT2D eigenvalue weighted by Gasteiger charge is 2.22. The minimum Gasteiger partial charge on any atom is -0.480 e. The summed E-state index contributed by atoms with van der Waals surface area (Å²) in [6.07, 6.45) is 1.78. The number of carbonyl (C=O) groups excluding carboxylic acids is 2. The molecule has 1 aromatic carbocycles. The molecule has 0 unspecified atom stereocenters. The Morgan fingerprint density at radius 2 is 1.62 bits per heavy atom. The van der Waals surface area contributed by atoms with Gasteiger partial charge < -0.3 is 10.4 Å². The highest BCUT2D eigenvalue weighted by atomic mass is 32.2. The zero-order valence-corrected chi connectivity index (χ0v) is 15.1. The van der Waals surface area contributed by atoms with E-state index in [4.69, 9.17) is 9.66 Å². The largest absolute Gasteiger partial charge is 0.480 e. The second kappa shape index (κ2) is 10.7. The van der Waals surface area contributed by atoms with Crippen LogP contribution >= 0.6 is 0 Å². The van der Waals surface area contributed by atoms with Crippen LogP contribution in [-0.4, -0.2) is 47.5 Å². The predicted molar refractivity (Wildman–Crippen MR) is 94.5 cm³/mol. The van der Waals surface area contributed by atoms with Gasteiger partial charge in [-0.25, -0.2) is 4.79 Å². The van der Waals surface area contributed by atoms with Crippen molar-refractivity contribution in [3.05, 3.63) is 35.9 Å². The van der Waals surface area contributed by atoms with Gasteiger partial charge in [0.15, 0.2) is 5.78 Å². The fourth-order valence-corrected chi connectivity index (χ4v) is 2.84. The summed E-state index contributed by atoms with van der Waals surface area (Å²) in [4.78, 5) is 34.7. The number of benzene rings is 1. The van der Waals surface area contributed by atoms with Crippen molar-refractivity contribution in [2.75, 3.05) is 5.75 Å². The zero-order valence-electron chi connectivity index (χ0n) is 14.3. The summed E-state index contributed by atoms with van der Waals surface area (Å²) in [5, 5.41) is 11.2. The number of unbranched alkanes of at least 4 members (excludes halogenated alkanes) is 2. The third kappa shape index (κ3) is 9.28. The van der Waals surface area contributed by atoms with Crippen LogP contribution in [-0.2, 0) is 19.7 Å². The van der Waals surface area contributed by atoms with Gasteiger partial charge in [0, 0.05) is 18.4 Å². The van der Waals surface area contributed by atoms with E-state index in [1.165, 1.54) is 0 Å². The van der Waals surface area contributed by atoms with Crippen molar-refractivity contribution < 1.29 is 32.5 Å². The molecule has 1 amide bonds. The highest BCUT2D eigenvalue weighted by molar-refractivity contribution is 7.85. The Hall–Kier alpha value is -2.26. The summed E-state index contributed by atoms with van der Waals surface area (Å²) in [5.41, 5.74) is 0.647. The quantitative estimate of drug-likeness (QED) is 0.283. The van der Waals surface area contributed by atoms with E-state index in [-0.39, 0.29) is 12.2 Å². The third-order valence-electron chi connectivity index (χ3n) is 3.70. The lowest BCUT2D eigenvalue weighted by Gasteiger charge is -2.13. The molecule has 0 aliphatic heterocycles. The summed E-state index contributed by atoms with van der Waals surface area (Å²) >= 11 is 0. The van der Waals surface area contributed by atoms with Crippen molar-refractivity contribution in [1.82, 2.24) is 5.32 Å². The molecule has 0 aliphatic carbocycles. The van der Waals surface area contributed by atoms with Gasteiger partial charge in [-0.05, 0) is 19.3 Å². The van der Waals surface area contributed by atoms with Crippen molar-refractivity contribution in [1.29, 1.82) is 0 Å². The van der Waals surface area contributed by atoms with Crippen LogP contribution in [0.3, 0.4) is 0 Å². The summed E-state index contributed by atoms with van der Waals surface area (Å²) in [5.74, 6) is -2.59. The Morgan fingerprint density at radius 1 is 1.00 bits per heavy atom. The molecule has 8 nitrogen and oxygen atoms in total. The van der Waals surface area contributed by atoms with Crippen LogP contribution < -0.4 is 5.32 Å². The number of carbonyl (C=O) groups is 3. The molecule has 0 saturated heterocycles. The van der Waals surface area contributed by atoms with E-state index in [0.717, 1.165) is 0 Å². The SMILES string of the molecule is O=C(CCCCCC(=O)c1ccccc1)N[C@@H](CCS(=O)(=O)O)C(=O)O. The number of ketones is 1. The number of aliphatic carboxylic acids is 1. The van der Waals surface area contributed by atoms with E-state index in [9.17, 15) is 22.8 Å². The fraction of sp³-hybridized carbons (Fsp3) is 0.471. The van der Waals surface area contributed by atoms with Crippen LogP contribution in [0.5, 0.6) is 0 Å². The minimum atomic E-state index is -4.29. The maximum atomic E-state index is 11.9. The lowest BCUT2D eigenvalue weighted by atomic mass is 10.0. The maximum absolute atomic E-state index is 11.9. The van der Waals surface area contributed by atoms with Gasteiger partial charge in [-0.15, -0.1) is 0 Å². The number of Topliss-reactive ketones (excluding diaryl/α,β-unsaturated/α-hetero) is 1. The molecule has 3 N–H and O–H groups in total. The second-order valence-electron chi connectivity index (χ2n) is 5.88. The van der Waals surface area contributed by atoms with Gasteiger partial charge in [0.05, 0.1) is 5.75 Å². The molecule has 144 valence electrons. The molecule has 0 bridgehead atoms. The van der Waals surface area contributed by atoms with Crippen LogP contribution in [0.25, 0.3) is 0 Å². The van der Waals surface area contributed by atoms with Crippen LogP contribution in [0.2, 0.25) is 0 Å². The summed E-state index contributed by atoms with van der Waals surface area (Å²) in [7, 11) is -4.29. The van der Waals surface area contributed by atoms with Crippen LogP contribution in [0.4, 0.5) is 0 Å². The van der Waals surface area contributed by atoms with E-state index in [2.05, 4.69) is 5.32 Å². The predicted octanol–water partition coefficient (Wildman–Crippen LogP) is 1.67. The monoisotopic (exact) mass is 385 g/mol. The first-order valence-corrected chi connectivity index (χ1v) is 9.85. The van der Waals surface area contributed by atoms with E-state index in [1.807, 2.05) is 6.07 Å². The molecular formula is C17H23NO7S. The van der Waals surface area contributed by atoms with E-state index in [1.54, 1.807) is 24.3 Å². The normalized spacial score (nSPS) is 12.3. The first kappa shape index (κ1) is 21.8. The van der Waals surface area contributed by atoms with Gasteiger partial charge >= 0.3 is 5.97 Å². The van der Waals surface area contributed by atoms with Crippen molar-refractivity contribution in [3.63, 3.8) is 0 Å². The molecule has 1 rings (SSSR count). The summed E-state index contributed by atoms with van der Waals surface area (Å²) in [6.45, 7) is 0. The smallest absolute Gasteiger partial charge is 0.326 e. The molecule has 0 radical (unpaired) electrons. The molecule has 1 atom stereocenters. The van der Waals surface area contributed by atoms with Gasteiger partial charge in [0.2, 0.25) is 5.91 Å². The van der Waals surface area contributed by atoms with E-state index < -0.39 is 40.2 Å². The van der Waals surface area contributed by atoms with Gasteiger partial charge in [-0.2, -0.15) is 8.42 Å². The number of nitrogens with one attached hydrogen (secondary N) is 1. The summed E-state index contributed by atoms with van der Waals surface area (Å²) < 4.78 is 30.0. The number of carboxylic acid groups (broad SMARTS) is 1. The van der Waals surface area contributed by atoms with Crippen LogP contribution in [0.1, 0.15) is 48.9 Å². The molecule has 0 heterocycles. The molecule has 0 aromatic heterocycles. The number of hydrogen-bond donors (Lipinski definition) is 3. The zero-order chi connectivity index (χ0) is 19.6. The first-order valence-electron chi connectivity index (χ1n) is 8.24. The van der Waals surface area contributed by atoms with E-state index >= 15 is 0 Å². The lowest BCUT2D eigenvalue weighted by Crippen LogP contribution is -2.41. The molecular weight excluding hydrogens is 362 g/mol. The van der Waals surface area contributed by atoms with Crippen molar-refractivity contribution in [2.24, 2.45) is 0 Å². The molecule has 0 saturated carbocycles. The molecule has 0 aliphatic rings. The highest BCUT2D eigenvalue weighted by Crippen LogP contribution is 2.09. The van der Waals surface area contributed by atoms with Crippen LogP contribution in [0, 0.1) is 0 Å². The third-order valence-corrected chi connectivity index (χ3v) is 4.45. The second-order valence-corrected chi connectivity index (χ2v) is 7.45. The lowest BCUT2D eigenvalue weighted by molar-refractivity contribution is -0.141. The van der Waals surface area contributed by atoms with Gasteiger partial charge in [0.25, 0.3) is 10.1 Å². The van der Waals surface area contributed by atoms with Crippen molar-refractivity contribution in [2.45, 2.75) is 44.6 Å². The number of carboxylic acids is 1. The summed E-state index contributed by atoms with van der Waals surface area (Å²) in [6, 6.07) is 7.53. The average molecular weight is 385 g/mol. The van der Waals surface area contributed by atoms with Gasteiger partial charge in [-0.3, -0.25) is 14.1 Å². The fourth-order valence-electron chi connectivity index (χ4n) is 2.31. The van der Waals surface area contributed by atoms with Gasteiger partial charge in [-0.1, -0.05) is 36.8 Å². The Kier molecular flexibility index (Phi) is 8.94. The molecule has 9 heteroatoms. The van der Waals surface area contributed by atoms with Crippen molar-refractivity contribution in [3.8, 4) is 0 Å². The minimum absolute atomic E-state index is 0.0335. The molecule has 1 aromatic rings. The van der Waals surface area contributed by atoms with E-state index in [0.29, 0.717) is 31.2 Å². The molecule has 0 fully saturated rings. The average Bonchev–Trinajstić information content (AvgIpc) is 2.57. The Morgan fingerprint density at radius 3 is 2.19 bits per heavy atom. The molecule has 26 heavy (non-hydrogen) atoms. The Bertz CT molecular complexity index is 716. The van der Waals surface area contributed by atoms with Crippen molar-refractivity contribution >= 4 is 27.8 Å². The first-order chi connectivity index (χ1) is 12.2. The number of rotatable bonds is 12. The number of amides is 1. The standard InChI is InChI=1S/C17H23NO7S/c19-15(13-7-3-1-4-8-13)9-5-2-6-10-16(20)18-14(17(21)22)11-12-26(23,24)25/h1,3-4,7-8,14H,2,5-6,9-12H2,(H,18,20)(H,21,22)(H,23,24,25)/t14-/m0/s1. The number of hydrogen-bond acceptors (Lipinski definition) is 5. The maximum Gasteiger partial charge on any atom is 0.326 e. The Labute approximate surface area is 152 Å². The Balaban J connectivity index is 2.26. The van der Waals surface area contributed by atoms with Gasteiger partial charge in [0.1, 0.15) is 6.04 Å². The molecule has 0 spiro atoms. The topological polar surface area (TPSA) is 138 Å².